The second kappa shape index (κ2) is 10.3. The zero-order chi connectivity index (χ0) is 23.5. The Morgan fingerprint density at radius 1 is 1.15 bits per heavy atom. The van der Waals surface area contributed by atoms with Gasteiger partial charge in [0.25, 0.3) is 11.5 Å². The van der Waals surface area contributed by atoms with Crippen LogP contribution in [0.2, 0.25) is 0 Å². The van der Waals surface area contributed by atoms with Gasteiger partial charge in [-0.05, 0) is 61.9 Å². The third kappa shape index (κ3) is 5.05. The second-order valence-corrected chi connectivity index (χ2v) is 10.3. The number of carbonyl (C=O) groups excluding carboxylic acids is 1. The summed E-state index contributed by atoms with van der Waals surface area (Å²) in [6, 6.07) is 13.8. The van der Waals surface area contributed by atoms with Crippen LogP contribution in [0.5, 0.6) is 0 Å². The van der Waals surface area contributed by atoms with Crippen LogP contribution in [0.15, 0.2) is 52.4 Å². The van der Waals surface area contributed by atoms with Crippen LogP contribution in [-0.4, -0.2) is 34.2 Å². The Hall–Kier alpha value is -2.64. The standard InChI is InChI=1S/C27H31N3O3S/c1-18-7-2-3-8-20(18)17-34-27-29-24-15-19(25(31)28-21-9-4-5-10-21)12-13-23(24)26(32)30(27)16-22-11-6-14-33-22/h2-3,7-8,12-13,15,21-22H,4-6,9-11,14,16-17H2,1H3,(H,28,31). The first-order valence-electron chi connectivity index (χ1n) is 12.2. The largest absolute Gasteiger partial charge is 0.376 e. The molecule has 1 saturated carbocycles. The zero-order valence-electron chi connectivity index (χ0n) is 19.6. The van der Waals surface area contributed by atoms with Gasteiger partial charge in [-0.15, -0.1) is 0 Å². The van der Waals surface area contributed by atoms with Crippen molar-refractivity contribution >= 4 is 28.6 Å². The molecule has 3 aromatic rings. The fourth-order valence-electron chi connectivity index (χ4n) is 4.86. The molecule has 1 N–H and O–H groups in total. The van der Waals surface area contributed by atoms with Crippen molar-refractivity contribution in [2.75, 3.05) is 6.61 Å². The fraction of sp³-hybridized carbons (Fsp3) is 0.444. The highest BCUT2D eigenvalue weighted by Crippen LogP contribution is 2.26. The number of carbonyl (C=O) groups is 1. The summed E-state index contributed by atoms with van der Waals surface area (Å²) < 4.78 is 7.59. The van der Waals surface area contributed by atoms with Gasteiger partial charge in [0.05, 0.1) is 23.6 Å². The first-order chi connectivity index (χ1) is 16.6. The third-order valence-corrected chi connectivity index (χ3v) is 7.93. The number of nitrogens with zero attached hydrogens (tertiary/aromatic N) is 2. The van der Waals surface area contributed by atoms with Crippen LogP contribution in [-0.2, 0) is 17.0 Å². The quantitative estimate of drug-likeness (QED) is 0.389. The van der Waals surface area contributed by atoms with E-state index in [1.807, 2.05) is 12.1 Å². The molecule has 6 nitrogen and oxygen atoms in total. The lowest BCUT2D eigenvalue weighted by atomic mass is 10.1. The molecule has 1 atom stereocenters. The van der Waals surface area contributed by atoms with Crippen molar-refractivity contribution in [3.63, 3.8) is 0 Å². The number of nitrogens with one attached hydrogen (secondary N) is 1. The number of hydrogen-bond donors (Lipinski definition) is 1. The molecule has 1 unspecified atom stereocenters. The maximum absolute atomic E-state index is 13.5. The van der Waals surface area contributed by atoms with Crippen LogP contribution in [0.25, 0.3) is 10.9 Å². The fourth-order valence-corrected chi connectivity index (χ4v) is 5.94. The SMILES string of the molecule is Cc1ccccc1CSc1nc2cc(C(=O)NC3CCCC3)ccc2c(=O)n1CC1CCCO1. The summed E-state index contributed by atoms with van der Waals surface area (Å²) in [4.78, 5) is 31.2. The molecule has 5 rings (SSSR count). The molecule has 2 aliphatic rings. The van der Waals surface area contributed by atoms with Gasteiger partial charge in [0, 0.05) is 24.0 Å². The van der Waals surface area contributed by atoms with Crippen molar-refractivity contribution in [3.05, 3.63) is 69.5 Å². The van der Waals surface area contributed by atoms with Crippen LogP contribution in [0.1, 0.15) is 60.0 Å². The van der Waals surface area contributed by atoms with E-state index in [1.165, 1.54) is 11.1 Å². The molecular weight excluding hydrogens is 446 g/mol. The number of fused-ring (bicyclic) bond motifs is 1. The number of thioether (sulfide) groups is 1. The number of hydrogen-bond acceptors (Lipinski definition) is 5. The topological polar surface area (TPSA) is 73.2 Å². The average molecular weight is 478 g/mol. The van der Waals surface area contributed by atoms with Crippen LogP contribution in [0.3, 0.4) is 0 Å². The van der Waals surface area contributed by atoms with Gasteiger partial charge in [-0.25, -0.2) is 4.98 Å². The van der Waals surface area contributed by atoms with Crippen molar-refractivity contribution in [1.29, 1.82) is 0 Å². The number of amides is 1. The molecule has 0 spiro atoms. The lowest BCUT2D eigenvalue weighted by Crippen LogP contribution is -2.32. The van der Waals surface area contributed by atoms with Gasteiger partial charge in [-0.2, -0.15) is 0 Å². The van der Waals surface area contributed by atoms with E-state index in [-0.39, 0.29) is 23.6 Å². The van der Waals surface area contributed by atoms with Crippen LogP contribution in [0, 0.1) is 6.92 Å². The van der Waals surface area contributed by atoms with Crippen molar-refractivity contribution < 1.29 is 9.53 Å². The minimum atomic E-state index is -0.0896. The molecule has 1 saturated heterocycles. The highest BCUT2D eigenvalue weighted by Gasteiger charge is 2.22. The monoisotopic (exact) mass is 477 g/mol. The molecule has 1 aliphatic heterocycles. The van der Waals surface area contributed by atoms with Gasteiger partial charge in [-0.1, -0.05) is 48.9 Å². The molecule has 2 heterocycles. The average Bonchev–Trinajstić information content (AvgIpc) is 3.55. The molecule has 2 fully saturated rings. The Labute approximate surface area is 204 Å². The smallest absolute Gasteiger partial charge is 0.262 e. The molecule has 2 aromatic carbocycles. The van der Waals surface area contributed by atoms with Gasteiger partial charge in [0.15, 0.2) is 5.16 Å². The predicted molar refractivity (Wildman–Crippen MR) is 135 cm³/mol. The van der Waals surface area contributed by atoms with Gasteiger partial charge < -0.3 is 10.1 Å². The van der Waals surface area contributed by atoms with Gasteiger partial charge >= 0.3 is 0 Å². The molecule has 34 heavy (non-hydrogen) atoms. The van der Waals surface area contributed by atoms with E-state index in [1.54, 1.807) is 34.5 Å². The summed E-state index contributed by atoms with van der Waals surface area (Å²) in [6.07, 6.45) is 6.40. The minimum Gasteiger partial charge on any atom is -0.376 e. The van der Waals surface area contributed by atoms with Crippen molar-refractivity contribution in [2.45, 2.75) is 75.0 Å². The van der Waals surface area contributed by atoms with E-state index in [4.69, 9.17) is 9.72 Å². The van der Waals surface area contributed by atoms with Crippen LogP contribution in [0.4, 0.5) is 0 Å². The number of aryl methyl sites for hydroxylation is 1. The zero-order valence-corrected chi connectivity index (χ0v) is 20.4. The number of benzene rings is 2. The summed E-state index contributed by atoms with van der Waals surface area (Å²) in [5.41, 5.74) is 3.48. The molecule has 1 aromatic heterocycles. The number of ether oxygens (including phenoxy) is 1. The lowest BCUT2D eigenvalue weighted by molar-refractivity contribution is 0.0935. The van der Waals surface area contributed by atoms with E-state index in [2.05, 4.69) is 24.4 Å². The molecule has 1 amide bonds. The Morgan fingerprint density at radius 2 is 1.97 bits per heavy atom. The summed E-state index contributed by atoms with van der Waals surface area (Å²) >= 11 is 1.56. The predicted octanol–water partition coefficient (Wildman–Crippen LogP) is 4.85. The van der Waals surface area contributed by atoms with E-state index < -0.39 is 0 Å². The summed E-state index contributed by atoms with van der Waals surface area (Å²) in [6.45, 7) is 3.34. The third-order valence-electron chi connectivity index (χ3n) is 6.90. The van der Waals surface area contributed by atoms with Gasteiger partial charge in [0.2, 0.25) is 0 Å². The lowest BCUT2D eigenvalue weighted by Gasteiger charge is -2.17. The normalized spacial score (nSPS) is 18.6. The highest BCUT2D eigenvalue weighted by molar-refractivity contribution is 7.98. The molecule has 0 bridgehead atoms. The maximum atomic E-state index is 13.5. The molecule has 178 valence electrons. The molecule has 1 aliphatic carbocycles. The molecule has 7 heteroatoms. The van der Waals surface area contributed by atoms with Crippen molar-refractivity contribution in [3.8, 4) is 0 Å². The summed E-state index contributed by atoms with van der Waals surface area (Å²) in [5, 5.41) is 4.34. The Bertz CT molecular complexity index is 1240. The van der Waals surface area contributed by atoms with Gasteiger partial charge in [0.1, 0.15) is 0 Å². The second-order valence-electron chi connectivity index (χ2n) is 9.35. The molecule has 0 radical (unpaired) electrons. The van der Waals surface area contributed by atoms with Crippen molar-refractivity contribution in [2.24, 2.45) is 0 Å². The number of aromatic nitrogens is 2. The van der Waals surface area contributed by atoms with Crippen LogP contribution < -0.4 is 10.9 Å². The summed E-state index contributed by atoms with van der Waals surface area (Å²) in [7, 11) is 0. The maximum Gasteiger partial charge on any atom is 0.262 e. The van der Waals surface area contributed by atoms with E-state index >= 15 is 0 Å². The Kier molecular flexibility index (Phi) is 7.02. The first-order valence-corrected chi connectivity index (χ1v) is 13.2. The summed E-state index contributed by atoms with van der Waals surface area (Å²) in [5.74, 6) is 0.631. The number of rotatable bonds is 7. The Balaban J connectivity index is 1.48. The van der Waals surface area contributed by atoms with E-state index in [0.717, 1.165) is 50.9 Å². The highest BCUT2D eigenvalue weighted by atomic mass is 32.2. The van der Waals surface area contributed by atoms with Gasteiger partial charge in [-0.3, -0.25) is 14.2 Å². The Morgan fingerprint density at radius 3 is 2.74 bits per heavy atom. The molecular formula is C27H31N3O3S. The van der Waals surface area contributed by atoms with E-state index in [9.17, 15) is 9.59 Å². The van der Waals surface area contributed by atoms with Crippen LogP contribution >= 0.6 is 11.8 Å². The van der Waals surface area contributed by atoms with E-state index in [0.29, 0.717) is 28.2 Å². The van der Waals surface area contributed by atoms with Crippen molar-refractivity contribution in [1.82, 2.24) is 14.9 Å². The first kappa shape index (κ1) is 23.1. The minimum absolute atomic E-state index is 0.0335.